The van der Waals surface area contributed by atoms with Crippen LogP contribution in [0.15, 0.2) is 20.3 Å². The van der Waals surface area contributed by atoms with Gasteiger partial charge in [0.15, 0.2) is 0 Å². The third kappa shape index (κ3) is 2.51. The van der Waals surface area contributed by atoms with Gasteiger partial charge in [-0.25, -0.2) is 0 Å². The maximum atomic E-state index is 11.5. The van der Waals surface area contributed by atoms with E-state index in [1.54, 1.807) is 0 Å². The van der Waals surface area contributed by atoms with Crippen LogP contribution >= 0.6 is 34.2 Å². The van der Waals surface area contributed by atoms with Crippen LogP contribution in [0.3, 0.4) is 0 Å². The van der Waals surface area contributed by atoms with Crippen LogP contribution in [-0.4, -0.2) is 13.1 Å². The molecule has 1 atom stereocenters. The van der Waals surface area contributed by atoms with E-state index in [2.05, 4.69) is 22.6 Å². The second kappa shape index (κ2) is 5.16. The van der Waals surface area contributed by atoms with Crippen LogP contribution in [0.5, 0.6) is 0 Å². The Kier molecular flexibility index (Phi) is 4.44. The molecular formula is C10H12ClIO2. The highest BCUT2D eigenvalue weighted by Crippen LogP contribution is 2.36. The molecule has 0 unspecified atom stereocenters. The number of hydrogen-bond donors (Lipinski definition) is 0. The molecule has 1 aliphatic rings. The third-order valence-corrected chi connectivity index (χ3v) is 3.97. The zero-order valence-electron chi connectivity index (χ0n) is 8.14. The average Bonchev–Trinajstić information content (AvgIpc) is 2.20. The van der Waals surface area contributed by atoms with Gasteiger partial charge in [-0.1, -0.05) is 24.1 Å². The van der Waals surface area contributed by atoms with Gasteiger partial charge in [0.2, 0.25) is 0 Å². The van der Waals surface area contributed by atoms with Gasteiger partial charge in [-0.15, -0.1) is 0 Å². The molecule has 2 nitrogen and oxygen atoms in total. The molecule has 4 heteroatoms. The van der Waals surface area contributed by atoms with Crippen LogP contribution in [0.25, 0.3) is 0 Å². The van der Waals surface area contributed by atoms with E-state index in [1.165, 1.54) is 7.11 Å². The standard InChI is InChI=1S/C10H12ClIO2/c1-3-6-4-8(11)9(12)5-7(6)10(13)14-2/h4,7H,3,5H2,1-2H3/t7-/m1/s1. The Morgan fingerprint density at radius 2 is 2.43 bits per heavy atom. The van der Waals surface area contributed by atoms with Gasteiger partial charge in [-0.2, -0.15) is 0 Å². The molecule has 0 aromatic rings. The predicted octanol–water partition coefficient (Wildman–Crippen LogP) is 3.40. The van der Waals surface area contributed by atoms with Crippen molar-refractivity contribution in [2.75, 3.05) is 7.11 Å². The maximum Gasteiger partial charge on any atom is 0.313 e. The molecule has 0 heterocycles. The molecule has 0 spiro atoms. The molecule has 0 amide bonds. The van der Waals surface area contributed by atoms with E-state index in [9.17, 15) is 4.79 Å². The van der Waals surface area contributed by atoms with Gasteiger partial charge < -0.3 is 4.74 Å². The molecule has 1 rings (SSSR count). The first kappa shape index (κ1) is 12.0. The zero-order chi connectivity index (χ0) is 10.7. The van der Waals surface area contributed by atoms with E-state index in [0.29, 0.717) is 6.42 Å². The Hall–Kier alpha value is -0.0300. The largest absolute Gasteiger partial charge is 0.469 e. The molecule has 0 saturated carbocycles. The SMILES string of the molecule is CCC1=CC(Cl)=C(I)C[C@H]1C(=O)OC. The lowest BCUT2D eigenvalue weighted by Gasteiger charge is -2.21. The Balaban J connectivity index is 2.93. The number of carbonyl (C=O) groups is 1. The summed E-state index contributed by atoms with van der Waals surface area (Å²) < 4.78 is 5.78. The van der Waals surface area contributed by atoms with Gasteiger partial charge in [0, 0.05) is 8.61 Å². The van der Waals surface area contributed by atoms with E-state index < -0.39 is 0 Å². The molecular weight excluding hydrogens is 314 g/mol. The second-order valence-electron chi connectivity index (χ2n) is 3.11. The topological polar surface area (TPSA) is 26.3 Å². The summed E-state index contributed by atoms with van der Waals surface area (Å²) in [6.07, 6.45) is 3.39. The minimum absolute atomic E-state index is 0.139. The minimum atomic E-state index is -0.170. The van der Waals surface area contributed by atoms with Crippen molar-refractivity contribution in [3.8, 4) is 0 Å². The fraction of sp³-hybridized carbons (Fsp3) is 0.500. The number of rotatable bonds is 2. The van der Waals surface area contributed by atoms with Crippen LogP contribution in [0.1, 0.15) is 19.8 Å². The number of halogens is 2. The van der Waals surface area contributed by atoms with Crippen LogP contribution in [0.2, 0.25) is 0 Å². The van der Waals surface area contributed by atoms with Gasteiger partial charge in [0.1, 0.15) is 0 Å². The number of esters is 1. The van der Waals surface area contributed by atoms with Gasteiger partial charge in [0.05, 0.1) is 13.0 Å². The van der Waals surface area contributed by atoms with Crippen LogP contribution in [0.4, 0.5) is 0 Å². The fourth-order valence-electron chi connectivity index (χ4n) is 1.47. The molecule has 0 bridgehead atoms. The van der Waals surface area contributed by atoms with Gasteiger partial charge >= 0.3 is 5.97 Å². The van der Waals surface area contributed by atoms with Crippen molar-refractivity contribution >= 4 is 40.2 Å². The smallest absolute Gasteiger partial charge is 0.313 e. The van der Waals surface area contributed by atoms with Crippen LogP contribution in [0, 0.1) is 5.92 Å². The second-order valence-corrected chi connectivity index (χ2v) is 4.81. The molecule has 78 valence electrons. The maximum absolute atomic E-state index is 11.5. The summed E-state index contributed by atoms with van der Waals surface area (Å²) in [6, 6.07) is 0. The van der Waals surface area contributed by atoms with Crippen molar-refractivity contribution in [1.29, 1.82) is 0 Å². The van der Waals surface area contributed by atoms with Gasteiger partial charge in [0.25, 0.3) is 0 Å². The quantitative estimate of drug-likeness (QED) is 0.574. The normalized spacial score (nSPS) is 22.0. The first-order valence-corrected chi connectivity index (χ1v) is 5.88. The summed E-state index contributed by atoms with van der Waals surface area (Å²) in [6.45, 7) is 2.02. The Labute approximate surface area is 102 Å². The van der Waals surface area contributed by atoms with E-state index in [1.807, 2.05) is 13.0 Å². The predicted molar refractivity (Wildman–Crippen MR) is 65.4 cm³/mol. The Morgan fingerprint density at radius 3 is 2.93 bits per heavy atom. The third-order valence-electron chi connectivity index (χ3n) is 2.30. The van der Waals surface area contributed by atoms with E-state index in [4.69, 9.17) is 16.3 Å². The first-order valence-electron chi connectivity index (χ1n) is 4.42. The number of methoxy groups -OCH3 is 1. The average molecular weight is 327 g/mol. The highest BCUT2D eigenvalue weighted by atomic mass is 127. The summed E-state index contributed by atoms with van der Waals surface area (Å²) >= 11 is 8.17. The van der Waals surface area contributed by atoms with Crippen molar-refractivity contribution in [1.82, 2.24) is 0 Å². The van der Waals surface area contributed by atoms with Crippen molar-refractivity contribution < 1.29 is 9.53 Å². The van der Waals surface area contributed by atoms with Crippen LogP contribution in [-0.2, 0) is 9.53 Å². The Morgan fingerprint density at radius 1 is 1.79 bits per heavy atom. The molecule has 0 radical (unpaired) electrons. The Bertz CT molecular complexity index is 307. The molecule has 0 fully saturated rings. The van der Waals surface area contributed by atoms with Crippen molar-refractivity contribution in [3.05, 3.63) is 20.3 Å². The fourth-order valence-corrected chi connectivity index (χ4v) is 2.29. The van der Waals surface area contributed by atoms with E-state index in [-0.39, 0.29) is 11.9 Å². The number of carbonyl (C=O) groups excluding carboxylic acids is 1. The van der Waals surface area contributed by atoms with Crippen molar-refractivity contribution in [2.45, 2.75) is 19.8 Å². The van der Waals surface area contributed by atoms with Gasteiger partial charge in [-0.05, 0) is 41.5 Å². The molecule has 0 N–H and O–H groups in total. The molecule has 0 aliphatic heterocycles. The van der Waals surface area contributed by atoms with E-state index in [0.717, 1.165) is 20.6 Å². The summed E-state index contributed by atoms with van der Waals surface area (Å²) in [7, 11) is 1.42. The highest BCUT2D eigenvalue weighted by Gasteiger charge is 2.27. The number of ether oxygens (including phenoxy) is 1. The molecule has 1 aliphatic carbocycles. The molecule has 0 aromatic carbocycles. The summed E-state index contributed by atoms with van der Waals surface area (Å²) in [5.74, 6) is -0.309. The summed E-state index contributed by atoms with van der Waals surface area (Å²) in [5.41, 5.74) is 1.06. The van der Waals surface area contributed by atoms with Gasteiger partial charge in [-0.3, -0.25) is 4.79 Å². The zero-order valence-corrected chi connectivity index (χ0v) is 11.1. The first-order chi connectivity index (χ1) is 6.60. The molecule has 0 saturated heterocycles. The minimum Gasteiger partial charge on any atom is -0.469 e. The summed E-state index contributed by atoms with van der Waals surface area (Å²) in [4.78, 5) is 11.5. The van der Waals surface area contributed by atoms with Crippen molar-refractivity contribution in [2.24, 2.45) is 5.92 Å². The molecule has 14 heavy (non-hydrogen) atoms. The lowest BCUT2D eigenvalue weighted by molar-refractivity contribution is -0.144. The molecule has 0 aromatic heterocycles. The summed E-state index contributed by atoms with van der Waals surface area (Å²) in [5, 5.41) is 0.752. The number of hydrogen-bond acceptors (Lipinski definition) is 2. The number of allylic oxidation sites excluding steroid dienone is 3. The van der Waals surface area contributed by atoms with E-state index >= 15 is 0 Å². The van der Waals surface area contributed by atoms with Crippen LogP contribution < -0.4 is 0 Å². The highest BCUT2D eigenvalue weighted by molar-refractivity contribution is 14.1. The van der Waals surface area contributed by atoms with Crippen molar-refractivity contribution in [3.63, 3.8) is 0 Å². The lowest BCUT2D eigenvalue weighted by atomic mass is 9.90. The lowest BCUT2D eigenvalue weighted by Crippen LogP contribution is -2.20. The monoisotopic (exact) mass is 326 g/mol.